The summed E-state index contributed by atoms with van der Waals surface area (Å²) in [5.41, 5.74) is 0.363. The van der Waals surface area contributed by atoms with Gasteiger partial charge in [-0.25, -0.2) is 0 Å². The van der Waals surface area contributed by atoms with Gasteiger partial charge in [-0.05, 0) is 0 Å². The van der Waals surface area contributed by atoms with Crippen molar-refractivity contribution in [2.75, 3.05) is 0 Å². The molecule has 5 rings (SSSR count). The van der Waals surface area contributed by atoms with E-state index in [-0.39, 0.29) is 43.2 Å². The van der Waals surface area contributed by atoms with Crippen molar-refractivity contribution >= 4 is 31.2 Å². The van der Waals surface area contributed by atoms with Crippen molar-refractivity contribution in [3.63, 3.8) is 0 Å². The van der Waals surface area contributed by atoms with Crippen LogP contribution in [0.15, 0.2) is 53.3 Å². The Balaban J connectivity index is 1.57. The second kappa shape index (κ2) is 7.14. The number of carbonyl (C=O) groups is 2. The molecule has 4 nitrogen and oxygen atoms in total. The molecular formula is C24H26O4Se. The Bertz CT molecular complexity index is 908. The third kappa shape index (κ3) is 2.85. The van der Waals surface area contributed by atoms with Crippen LogP contribution in [-0.4, -0.2) is 26.7 Å². The fourth-order valence-corrected chi connectivity index (χ4v) is 9.42. The molecule has 152 valence electrons. The van der Waals surface area contributed by atoms with Gasteiger partial charge in [0.05, 0.1) is 0 Å². The van der Waals surface area contributed by atoms with E-state index in [1.165, 1.54) is 4.46 Å². The predicted octanol–water partition coefficient (Wildman–Crippen LogP) is 4.24. The van der Waals surface area contributed by atoms with Crippen molar-refractivity contribution in [2.45, 2.75) is 55.9 Å². The molecule has 5 atom stereocenters. The molecule has 1 aromatic carbocycles. The van der Waals surface area contributed by atoms with E-state index < -0.39 is 5.41 Å². The Morgan fingerprint density at radius 2 is 1.93 bits per heavy atom. The zero-order chi connectivity index (χ0) is 20.1. The van der Waals surface area contributed by atoms with Crippen LogP contribution in [0.1, 0.15) is 57.1 Å². The summed E-state index contributed by atoms with van der Waals surface area (Å²) in [6, 6.07) is 12.3. The molecule has 2 aromatic rings. The van der Waals surface area contributed by atoms with Crippen LogP contribution in [0.5, 0.6) is 0 Å². The van der Waals surface area contributed by atoms with E-state index >= 15 is 0 Å². The monoisotopic (exact) mass is 458 g/mol. The number of ketones is 1. The van der Waals surface area contributed by atoms with E-state index in [1.54, 1.807) is 12.5 Å². The summed E-state index contributed by atoms with van der Waals surface area (Å²) in [5, 5.41) is 0. The molecule has 0 radical (unpaired) electrons. The number of hydrogen-bond donors (Lipinski definition) is 0. The fraction of sp³-hybridized carbons (Fsp3) is 0.500. The number of esters is 1. The SMILES string of the molecule is C[C@@H]1CC(=O)[C@]2([Se]c3ccccc3)CCCC[C@@H]2[C@@]12C[C@@H](c1ccoc1)OC2=O. The van der Waals surface area contributed by atoms with E-state index in [0.29, 0.717) is 18.6 Å². The molecule has 0 unspecified atom stereocenters. The molecule has 1 saturated heterocycles. The first-order valence-electron chi connectivity index (χ1n) is 10.6. The molecule has 0 N–H and O–H groups in total. The van der Waals surface area contributed by atoms with Crippen LogP contribution in [-0.2, 0) is 14.3 Å². The summed E-state index contributed by atoms with van der Waals surface area (Å²) in [6.07, 6.45) is 8.20. The first-order chi connectivity index (χ1) is 14.1. The third-order valence-corrected chi connectivity index (χ3v) is 10.8. The maximum absolute atomic E-state index is 13.6. The molecule has 0 amide bonds. The summed E-state index contributed by atoms with van der Waals surface area (Å²) in [5.74, 6) is 0.374. The van der Waals surface area contributed by atoms with Crippen molar-refractivity contribution in [3.05, 3.63) is 54.5 Å². The Labute approximate surface area is 177 Å². The number of carbonyl (C=O) groups excluding carboxylic acids is 2. The van der Waals surface area contributed by atoms with E-state index in [4.69, 9.17) is 9.15 Å². The van der Waals surface area contributed by atoms with Gasteiger partial charge in [-0.2, -0.15) is 0 Å². The van der Waals surface area contributed by atoms with Crippen molar-refractivity contribution < 1.29 is 18.7 Å². The van der Waals surface area contributed by atoms with Gasteiger partial charge < -0.3 is 0 Å². The van der Waals surface area contributed by atoms with E-state index in [9.17, 15) is 9.59 Å². The van der Waals surface area contributed by atoms with E-state index in [2.05, 4.69) is 31.2 Å². The van der Waals surface area contributed by atoms with Gasteiger partial charge in [0, 0.05) is 0 Å². The molecule has 29 heavy (non-hydrogen) atoms. The van der Waals surface area contributed by atoms with Gasteiger partial charge in [-0.3, -0.25) is 0 Å². The van der Waals surface area contributed by atoms with E-state index in [0.717, 1.165) is 31.2 Å². The molecule has 0 bridgehead atoms. The van der Waals surface area contributed by atoms with Crippen molar-refractivity contribution in [1.82, 2.24) is 0 Å². The van der Waals surface area contributed by atoms with Gasteiger partial charge in [0.1, 0.15) is 0 Å². The van der Waals surface area contributed by atoms with Crippen LogP contribution in [0.2, 0.25) is 4.31 Å². The molecule has 3 aliphatic rings. The average Bonchev–Trinajstić information content (AvgIpc) is 3.37. The molecule has 1 aromatic heterocycles. The standard InChI is InChI=1S/C24H26O4Se/c1-16-13-21(25)24(29-18-7-3-2-4-8-18)11-6-5-9-20(24)23(16)14-19(28-22(23)26)17-10-12-27-15-17/h2-4,7-8,10,12,15-16,19-20H,5-6,9,11,13-14H2,1H3/t16-,19+,20-,23-,24+/m1/s1. The predicted molar refractivity (Wildman–Crippen MR) is 110 cm³/mol. The molecule has 1 spiro atoms. The zero-order valence-corrected chi connectivity index (χ0v) is 18.3. The normalized spacial score (nSPS) is 36.8. The van der Waals surface area contributed by atoms with Gasteiger partial charge >= 0.3 is 178 Å². The van der Waals surface area contributed by atoms with Crippen molar-refractivity contribution in [1.29, 1.82) is 0 Å². The van der Waals surface area contributed by atoms with Crippen LogP contribution in [0.25, 0.3) is 0 Å². The number of Topliss-reactive ketones (excluding diaryl/α,β-unsaturated/α-hetero) is 1. The maximum atomic E-state index is 13.6. The summed E-state index contributed by atoms with van der Waals surface area (Å²) >= 11 is 0.0115. The van der Waals surface area contributed by atoms with Crippen LogP contribution in [0.4, 0.5) is 0 Å². The molecule has 5 heteroatoms. The average molecular weight is 457 g/mol. The Kier molecular flexibility index (Phi) is 4.71. The van der Waals surface area contributed by atoms with Crippen molar-refractivity contribution in [2.24, 2.45) is 17.3 Å². The molecule has 2 heterocycles. The van der Waals surface area contributed by atoms with Crippen LogP contribution in [0.3, 0.4) is 0 Å². The third-order valence-electron chi connectivity index (χ3n) is 7.43. The van der Waals surface area contributed by atoms with Gasteiger partial charge in [0.25, 0.3) is 0 Å². The first kappa shape index (κ1) is 19.1. The quantitative estimate of drug-likeness (QED) is 0.511. The number of benzene rings is 1. The number of furan rings is 1. The Morgan fingerprint density at radius 1 is 1.10 bits per heavy atom. The summed E-state index contributed by atoms with van der Waals surface area (Å²) in [4.78, 5) is 27.0. The Hall–Kier alpha value is -1.84. The number of rotatable bonds is 3. The second-order valence-corrected chi connectivity index (χ2v) is 11.8. The Morgan fingerprint density at radius 3 is 2.69 bits per heavy atom. The fourth-order valence-electron chi connectivity index (χ4n) is 6.01. The molecule has 2 saturated carbocycles. The van der Waals surface area contributed by atoms with Crippen LogP contribution in [0, 0.1) is 17.3 Å². The molecular weight excluding hydrogens is 431 g/mol. The van der Waals surface area contributed by atoms with Gasteiger partial charge in [-0.15, -0.1) is 0 Å². The number of cyclic esters (lactones) is 1. The number of hydrogen-bond acceptors (Lipinski definition) is 4. The van der Waals surface area contributed by atoms with Gasteiger partial charge in [0.15, 0.2) is 0 Å². The molecule has 2 aliphatic carbocycles. The number of fused-ring (bicyclic) bond motifs is 2. The van der Waals surface area contributed by atoms with Crippen LogP contribution < -0.4 is 4.46 Å². The molecule has 3 fully saturated rings. The summed E-state index contributed by atoms with van der Waals surface area (Å²) in [6.45, 7) is 2.09. The minimum atomic E-state index is -0.563. The first-order valence-corrected chi connectivity index (χ1v) is 12.3. The minimum absolute atomic E-state index is 0.0115. The summed E-state index contributed by atoms with van der Waals surface area (Å²) < 4.78 is 12.1. The topological polar surface area (TPSA) is 56.5 Å². The van der Waals surface area contributed by atoms with Gasteiger partial charge in [0.2, 0.25) is 0 Å². The second-order valence-electron chi connectivity index (χ2n) is 8.83. The molecule has 1 aliphatic heterocycles. The van der Waals surface area contributed by atoms with Gasteiger partial charge in [-0.1, -0.05) is 0 Å². The number of ether oxygens (including phenoxy) is 1. The van der Waals surface area contributed by atoms with E-state index in [1.807, 2.05) is 12.1 Å². The van der Waals surface area contributed by atoms with Crippen LogP contribution >= 0.6 is 0 Å². The zero-order valence-electron chi connectivity index (χ0n) is 16.6. The van der Waals surface area contributed by atoms with Crippen molar-refractivity contribution in [3.8, 4) is 0 Å². The summed E-state index contributed by atoms with van der Waals surface area (Å²) in [7, 11) is 0.